The molecule has 0 bridgehead atoms. The van der Waals surface area contributed by atoms with E-state index in [1.54, 1.807) is 0 Å². The molecule has 1 unspecified atom stereocenters. The van der Waals surface area contributed by atoms with Crippen LogP contribution < -0.4 is 5.73 Å². The van der Waals surface area contributed by atoms with Crippen molar-refractivity contribution in [3.05, 3.63) is 65.5 Å². The minimum atomic E-state index is -1.50. The van der Waals surface area contributed by atoms with E-state index >= 15 is 0 Å². The van der Waals surface area contributed by atoms with Crippen LogP contribution in [-0.2, 0) is 16.6 Å². The summed E-state index contributed by atoms with van der Waals surface area (Å²) in [7, 11) is -1.50. The second-order valence-electron chi connectivity index (χ2n) is 4.04. The van der Waals surface area contributed by atoms with Crippen LogP contribution in [0.15, 0.2) is 48.5 Å². The molecule has 0 radical (unpaired) electrons. The Morgan fingerprint density at radius 1 is 1.21 bits per heavy atom. The molecular formula is C14H13FN2OS. The first kappa shape index (κ1) is 13.4. The van der Waals surface area contributed by atoms with Gasteiger partial charge in [-0.1, -0.05) is 30.3 Å². The van der Waals surface area contributed by atoms with Gasteiger partial charge in [0.25, 0.3) is 0 Å². The average Bonchev–Trinajstić information content (AvgIpc) is 2.39. The number of nitrogens with one attached hydrogen (secondary N) is 1. The van der Waals surface area contributed by atoms with Gasteiger partial charge in [-0.25, -0.2) is 4.39 Å². The SMILES string of the molecule is N=C(c1ccc(F)cc1N)S(=O)Cc1ccccc1. The number of benzene rings is 2. The lowest BCUT2D eigenvalue weighted by Crippen LogP contribution is -2.12. The predicted molar refractivity (Wildman–Crippen MR) is 75.9 cm³/mol. The summed E-state index contributed by atoms with van der Waals surface area (Å²) in [5, 5.41) is 7.81. The highest BCUT2D eigenvalue weighted by atomic mass is 32.2. The third kappa shape index (κ3) is 3.26. The first-order valence-electron chi connectivity index (χ1n) is 5.64. The Hall–Kier alpha value is -2.01. The van der Waals surface area contributed by atoms with Crippen LogP contribution in [0.3, 0.4) is 0 Å². The smallest absolute Gasteiger partial charge is 0.128 e. The van der Waals surface area contributed by atoms with E-state index in [9.17, 15) is 8.60 Å². The van der Waals surface area contributed by atoms with E-state index < -0.39 is 16.6 Å². The monoisotopic (exact) mass is 276 g/mol. The van der Waals surface area contributed by atoms with Crippen molar-refractivity contribution in [3.8, 4) is 0 Å². The molecule has 1 atom stereocenters. The molecule has 3 nitrogen and oxygen atoms in total. The summed E-state index contributed by atoms with van der Waals surface area (Å²) >= 11 is 0. The van der Waals surface area contributed by atoms with Gasteiger partial charge in [0.05, 0.1) is 16.6 Å². The minimum Gasteiger partial charge on any atom is -0.398 e. The van der Waals surface area contributed by atoms with Crippen LogP contribution >= 0.6 is 0 Å². The van der Waals surface area contributed by atoms with Gasteiger partial charge in [-0.15, -0.1) is 0 Å². The Morgan fingerprint density at radius 3 is 2.53 bits per heavy atom. The Labute approximate surface area is 113 Å². The number of nitrogen functional groups attached to an aromatic ring is 1. The first-order valence-corrected chi connectivity index (χ1v) is 6.96. The molecule has 2 aromatic rings. The molecule has 19 heavy (non-hydrogen) atoms. The van der Waals surface area contributed by atoms with E-state index in [1.807, 2.05) is 30.3 Å². The van der Waals surface area contributed by atoms with Crippen molar-refractivity contribution in [2.75, 3.05) is 5.73 Å². The fourth-order valence-electron chi connectivity index (χ4n) is 1.66. The lowest BCUT2D eigenvalue weighted by Gasteiger charge is -2.07. The molecule has 2 rings (SSSR count). The highest BCUT2D eigenvalue weighted by molar-refractivity contribution is 8.00. The lowest BCUT2D eigenvalue weighted by molar-refractivity contribution is 0.628. The number of halogens is 1. The number of rotatable bonds is 3. The van der Waals surface area contributed by atoms with Crippen molar-refractivity contribution in [1.29, 1.82) is 5.41 Å². The number of anilines is 1. The van der Waals surface area contributed by atoms with Gasteiger partial charge in [0.1, 0.15) is 10.9 Å². The van der Waals surface area contributed by atoms with Crippen molar-refractivity contribution in [1.82, 2.24) is 0 Å². The molecule has 0 amide bonds. The molecule has 0 aromatic heterocycles. The van der Waals surface area contributed by atoms with Crippen molar-refractivity contribution < 1.29 is 8.60 Å². The van der Waals surface area contributed by atoms with E-state index in [2.05, 4.69) is 0 Å². The quantitative estimate of drug-likeness (QED) is 0.514. The second kappa shape index (κ2) is 5.75. The van der Waals surface area contributed by atoms with Crippen LogP contribution in [0.2, 0.25) is 0 Å². The highest BCUT2D eigenvalue weighted by Gasteiger charge is 2.14. The van der Waals surface area contributed by atoms with Gasteiger partial charge in [0.15, 0.2) is 0 Å². The fourth-order valence-corrected chi connectivity index (χ4v) is 2.73. The second-order valence-corrected chi connectivity index (χ2v) is 5.42. The number of hydrogen-bond acceptors (Lipinski definition) is 3. The summed E-state index contributed by atoms with van der Waals surface area (Å²) in [6.45, 7) is 0. The van der Waals surface area contributed by atoms with Crippen molar-refractivity contribution >= 4 is 21.5 Å². The summed E-state index contributed by atoms with van der Waals surface area (Å²) in [4.78, 5) is 0. The third-order valence-corrected chi connectivity index (χ3v) is 3.90. The molecule has 98 valence electrons. The van der Waals surface area contributed by atoms with Crippen LogP contribution in [-0.4, -0.2) is 9.25 Å². The summed E-state index contributed by atoms with van der Waals surface area (Å²) < 4.78 is 25.0. The molecule has 0 fully saturated rings. The average molecular weight is 276 g/mol. The van der Waals surface area contributed by atoms with Crippen LogP contribution in [0.25, 0.3) is 0 Å². The Bertz CT molecular complexity index is 629. The number of hydrogen-bond donors (Lipinski definition) is 2. The topological polar surface area (TPSA) is 66.9 Å². The summed E-state index contributed by atoms with van der Waals surface area (Å²) in [6.07, 6.45) is 0. The molecule has 0 saturated heterocycles. The zero-order valence-corrected chi connectivity index (χ0v) is 10.9. The normalized spacial score (nSPS) is 12.1. The first-order chi connectivity index (χ1) is 9.08. The summed E-state index contributed by atoms with van der Waals surface area (Å²) in [5.41, 5.74) is 6.97. The Kier molecular flexibility index (Phi) is 4.06. The van der Waals surface area contributed by atoms with Crippen LogP contribution in [0.4, 0.5) is 10.1 Å². The Balaban J connectivity index is 2.18. The van der Waals surface area contributed by atoms with E-state index in [0.29, 0.717) is 5.56 Å². The van der Waals surface area contributed by atoms with E-state index in [0.717, 1.165) is 11.6 Å². The molecule has 5 heteroatoms. The molecule has 0 saturated carbocycles. The summed E-state index contributed by atoms with van der Waals surface area (Å²) in [6, 6.07) is 13.0. The fraction of sp³-hybridized carbons (Fsp3) is 0.0714. The van der Waals surface area contributed by atoms with Crippen molar-refractivity contribution in [2.45, 2.75) is 5.75 Å². The van der Waals surface area contributed by atoms with E-state index in [4.69, 9.17) is 11.1 Å². The lowest BCUT2D eigenvalue weighted by atomic mass is 10.2. The Morgan fingerprint density at radius 2 is 1.89 bits per heavy atom. The van der Waals surface area contributed by atoms with Crippen LogP contribution in [0, 0.1) is 11.2 Å². The van der Waals surface area contributed by atoms with E-state index in [-0.39, 0.29) is 16.5 Å². The molecule has 0 aliphatic heterocycles. The van der Waals surface area contributed by atoms with Crippen molar-refractivity contribution in [2.24, 2.45) is 0 Å². The van der Waals surface area contributed by atoms with Gasteiger partial charge >= 0.3 is 0 Å². The molecule has 2 aromatic carbocycles. The van der Waals surface area contributed by atoms with Gasteiger partial charge in [0.2, 0.25) is 0 Å². The van der Waals surface area contributed by atoms with E-state index in [1.165, 1.54) is 12.1 Å². The molecule has 0 aliphatic carbocycles. The predicted octanol–water partition coefficient (Wildman–Crippen LogP) is 2.68. The van der Waals surface area contributed by atoms with Gasteiger partial charge in [-0.2, -0.15) is 0 Å². The zero-order chi connectivity index (χ0) is 13.8. The van der Waals surface area contributed by atoms with Gasteiger partial charge < -0.3 is 5.73 Å². The van der Waals surface area contributed by atoms with Gasteiger partial charge in [-0.3, -0.25) is 9.62 Å². The van der Waals surface area contributed by atoms with Gasteiger partial charge in [0, 0.05) is 11.3 Å². The zero-order valence-electron chi connectivity index (χ0n) is 10.1. The van der Waals surface area contributed by atoms with Crippen molar-refractivity contribution in [3.63, 3.8) is 0 Å². The largest absolute Gasteiger partial charge is 0.398 e. The van der Waals surface area contributed by atoms with Crippen LogP contribution in [0.5, 0.6) is 0 Å². The number of nitrogens with two attached hydrogens (primary N) is 1. The molecular weight excluding hydrogens is 263 g/mol. The molecule has 3 N–H and O–H groups in total. The summed E-state index contributed by atoms with van der Waals surface area (Å²) in [5.74, 6) is -0.223. The maximum absolute atomic E-state index is 12.9. The highest BCUT2D eigenvalue weighted by Crippen LogP contribution is 2.17. The van der Waals surface area contributed by atoms with Crippen LogP contribution in [0.1, 0.15) is 11.1 Å². The maximum atomic E-state index is 12.9. The third-order valence-electron chi connectivity index (χ3n) is 2.63. The molecule has 0 aliphatic rings. The van der Waals surface area contributed by atoms with Gasteiger partial charge in [-0.05, 0) is 23.8 Å². The standard InChI is InChI=1S/C14H13FN2OS/c15-11-6-7-12(13(16)8-11)14(17)19(18)9-10-4-2-1-3-5-10/h1-8,17H,9,16H2. The molecule has 0 heterocycles. The molecule has 0 spiro atoms. The maximum Gasteiger partial charge on any atom is 0.128 e. The minimum absolute atomic E-state index is 0.0821.